The summed E-state index contributed by atoms with van der Waals surface area (Å²) in [6.07, 6.45) is 4.31. The molecule has 4 heterocycles. The van der Waals surface area contributed by atoms with E-state index in [0.29, 0.717) is 64.3 Å². The van der Waals surface area contributed by atoms with Crippen molar-refractivity contribution in [1.82, 2.24) is 9.21 Å². The van der Waals surface area contributed by atoms with Crippen LogP contribution < -0.4 is 4.90 Å². The van der Waals surface area contributed by atoms with E-state index in [1.54, 1.807) is 23.1 Å². The third-order valence-electron chi connectivity index (χ3n) is 7.26. The number of likely N-dealkylation sites (tertiary alicyclic amines) is 1. The zero-order chi connectivity index (χ0) is 23.2. The summed E-state index contributed by atoms with van der Waals surface area (Å²) in [5.74, 6) is -0.919. The van der Waals surface area contributed by atoms with Crippen LogP contribution in [0.4, 0.5) is 5.69 Å². The molecule has 4 aliphatic rings. The average Bonchev–Trinajstić information content (AvgIpc) is 3.44. The quantitative estimate of drug-likeness (QED) is 0.655. The maximum atomic E-state index is 13.4. The molecular formula is C23H31N3O6S. The molecule has 33 heavy (non-hydrogen) atoms. The molecule has 3 saturated heterocycles. The third kappa shape index (κ3) is 4.07. The Balaban J connectivity index is 1.36. The van der Waals surface area contributed by atoms with Crippen molar-refractivity contribution in [3.05, 3.63) is 23.8 Å². The first-order valence-corrected chi connectivity index (χ1v) is 13.2. The highest BCUT2D eigenvalue weighted by molar-refractivity contribution is 7.89. The van der Waals surface area contributed by atoms with Crippen LogP contribution >= 0.6 is 0 Å². The highest BCUT2D eigenvalue weighted by Crippen LogP contribution is 2.37. The van der Waals surface area contributed by atoms with Gasteiger partial charge in [0, 0.05) is 58.1 Å². The fraction of sp³-hybridized carbons (Fsp3) is 0.652. The fourth-order valence-electron chi connectivity index (χ4n) is 5.49. The molecule has 1 spiro atoms. The topological polar surface area (TPSA) is 96.5 Å². The Bertz CT molecular complexity index is 1040. The van der Waals surface area contributed by atoms with Crippen LogP contribution in [0, 0.1) is 0 Å². The minimum atomic E-state index is -3.59. The molecular weight excluding hydrogens is 446 g/mol. The molecule has 0 unspecified atom stereocenters. The molecule has 1 aromatic carbocycles. The van der Waals surface area contributed by atoms with E-state index in [4.69, 9.17) is 9.47 Å². The number of amides is 2. The first-order valence-electron chi connectivity index (χ1n) is 11.8. The van der Waals surface area contributed by atoms with Gasteiger partial charge in [0.05, 0.1) is 18.1 Å². The van der Waals surface area contributed by atoms with Gasteiger partial charge >= 0.3 is 0 Å². The number of ether oxygens (including phenoxy) is 2. The van der Waals surface area contributed by atoms with Crippen molar-refractivity contribution in [3.63, 3.8) is 0 Å². The smallest absolute Gasteiger partial charge is 0.246 e. The molecule has 0 radical (unpaired) electrons. The van der Waals surface area contributed by atoms with Crippen molar-refractivity contribution in [2.24, 2.45) is 0 Å². The average molecular weight is 478 g/mol. The van der Waals surface area contributed by atoms with E-state index in [1.165, 1.54) is 16.1 Å². The van der Waals surface area contributed by atoms with Gasteiger partial charge in [-0.25, -0.2) is 8.42 Å². The molecule has 3 fully saturated rings. The number of hydrogen-bond donors (Lipinski definition) is 0. The summed E-state index contributed by atoms with van der Waals surface area (Å²) in [6.45, 7) is 4.67. The van der Waals surface area contributed by atoms with E-state index in [0.717, 1.165) is 24.8 Å². The Kier molecular flexibility index (Phi) is 5.97. The number of nitrogens with zero attached hydrogens (tertiary/aromatic N) is 3. The SMILES string of the molecule is CC(=O)N1c2ccc(S(=O)(=O)N3CCCCC3)cc2C[C@H]1C(=O)N1CCC2(CC1)OCCO2. The summed E-state index contributed by atoms with van der Waals surface area (Å²) >= 11 is 0. The van der Waals surface area contributed by atoms with Crippen molar-refractivity contribution in [1.29, 1.82) is 0 Å². The zero-order valence-electron chi connectivity index (χ0n) is 19.0. The number of benzene rings is 1. The molecule has 2 amide bonds. The lowest BCUT2D eigenvalue weighted by molar-refractivity contribution is -0.187. The lowest BCUT2D eigenvalue weighted by Gasteiger charge is -2.39. The summed E-state index contributed by atoms with van der Waals surface area (Å²) in [6, 6.07) is 4.22. The Hall–Kier alpha value is -2.01. The number of hydrogen-bond acceptors (Lipinski definition) is 6. The number of carbonyl (C=O) groups excluding carboxylic acids is 2. The zero-order valence-corrected chi connectivity index (χ0v) is 19.8. The molecule has 9 nitrogen and oxygen atoms in total. The molecule has 5 rings (SSSR count). The van der Waals surface area contributed by atoms with Gasteiger partial charge in [0.1, 0.15) is 6.04 Å². The second kappa shape index (κ2) is 8.65. The molecule has 0 bridgehead atoms. The Morgan fingerprint density at radius 3 is 2.30 bits per heavy atom. The van der Waals surface area contributed by atoms with E-state index in [-0.39, 0.29) is 16.7 Å². The highest BCUT2D eigenvalue weighted by Gasteiger charge is 2.45. The first-order chi connectivity index (χ1) is 15.8. The Morgan fingerprint density at radius 1 is 1.00 bits per heavy atom. The van der Waals surface area contributed by atoms with Crippen LogP contribution in [0.25, 0.3) is 0 Å². The van der Waals surface area contributed by atoms with Gasteiger partial charge in [-0.3, -0.25) is 14.5 Å². The number of piperidine rings is 2. The summed E-state index contributed by atoms with van der Waals surface area (Å²) in [4.78, 5) is 29.5. The monoisotopic (exact) mass is 477 g/mol. The van der Waals surface area contributed by atoms with Crippen LogP contribution in [0.5, 0.6) is 0 Å². The lowest BCUT2D eigenvalue weighted by atomic mass is 10.0. The van der Waals surface area contributed by atoms with E-state index >= 15 is 0 Å². The Labute approximate surface area is 194 Å². The normalized spacial score (nSPS) is 25.4. The third-order valence-corrected chi connectivity index (χ3v) is 9.16. The van der Waals surface area contributed by atoms with Crippen LogP contribution in [-0.4, -0.2) is 80.7 Å². The van der Waals surface area contributed by atoms with Crippen molar-refractivity contribution in [2.45, 2.75) is 62.2 Å². The maximum Gasteiger partial charge on any atom is 0.246 e. The molecule has 180 valence electrons. The van der Waals surface area contributed by atoms with Crippen molar-refractivity contribution < 1.29 is 27.5 Å². The second-order valence-electron chi connectivity index (χ2n) is 9.30. The van der Waals surface area contributed by atoms with E-state index in [9.17, 15) is 18.0 Å². The van der Waals surface area contributed by atoms with E-state index in [1.807, 2.05) is 0 Å². The van der Waals surface area contributed by atoms with Gasteiger partial charge in [-0.15, -0.1) is 0 Å². The maximum absolute atomic E-state index is 13.4. The van der Waals surface area contributed by atoms with Crippen LogP contribution in [0.15, 0.2) is 23.1 Å². The van der Waals surface area contributed by atoms with Crippen molar-refractivity contribution in [2.75, 3.05) is 44.3 Å². The summed E-state index contributed by atoms with van der Waals surface area (Å²) in [5, 5.41) is 0. The summed E-state index contributed by atoms with van der Waals surface area (Å²) in [5.41, 5.74) is 1.34. The number of sulfonamides is 1. The standard InChI is InChI=1S/C23H31N3O6S/c1-17(27)26-20-6-5-19(33(29,30)25-9-3-2-4-10-25)15-18(20)16-21(26)22(28)24-11-7-23(8-12-24)31-13-14-32-23/h5-6,15,21H,2-4,7-14,16H2,1H3/t21-/m0/s1. The highest BCUT2D eigenvalue weighted by atomic mass is 32.2. The summed E-state index contributed by atoms with van der Waals surface area (Å²) in [7, 11) is -3.59. The van der Waals surface area contributed by atoms with Gasteiger partial charge in [-0.1, -0.05) is 6.42 Å². The van der Waals surface area contributed by atoms with Crippen molar-refractivity contribution >= 4 is 27.5 Å². The number of anilines is 1. The van der Waals surface area contributed by atoms with Gasteiger partial charge in [0.15, 0.2) is 5.79 Å². The van der Waals surface area contributed by atoms with Crippen LogP contribution in [0.3, 0.4) is 0 Å². The molecule has 0 aliphatic carbocycles. The summed E-state index contributed by atoms with van der Waals surface area (Å²) < 4.78 is 39.3. The molecule has 0 aromatic heterocycles. The van der Waals surface area contributed by atoms with E-state index < -0.39 is 21.9 Å². The number of fused-ring (bicyclic) bond motifs is 1. The van der Waals surface area contributed by atoms with Crippen LogP contribution in [0.2, 0.25) is 0 Å². The minimum Gasteiger partial charge on any atom is -0.347 e. The molecule has 1 atom stereocenters. The van der Waals surface area contributed by atoms with Crippen LogP contribution in [0.1, 0.15) is 44.6 Å². The van der Waals surface area contributed by atoms with Crippen molar-refractivity contribution in [3.8, 4) is 0 Å². The predicted molar refractivity (Wildman–Crippen MR) is 120 cm³/mol. The minimum absolute atomic E-state index is 0.116. The first kappa shape index (κ1) is 22.8. The largest absolute Gasteiger partial charge is 0.347 e. The molecule has 0 saturated carbocycles. The van der Waals surface area contributed by atoms with Crippen LogP contribution in [-0.2, 0) is 35.5 Å². The fourth-order valence-corrected chi connectivity index (χ4v) is 7.06. The molecule has 4 aliphatic heterocycles. The van der Waals surface area contributed by atoms with Gasteiger partial charge in [-0.05, 0) is 36.6 Å². The number of rotatable bonds is 3. The number of carbonyl (C=O) groups is 2. The molecule has 0 N–H and O–H groups in total. The predicted octanol–water partition coefficient (Wildman–Crippen LogP) is 1.50. The lowest BCUT2D eigenvalue weighted by Crippen LogP contribution is -2.54. The van der Waals surface area contributed by atoms with Gasteiger partial charge in [-0.2, -0.15) is 4.31 Å². The molecule has 1 aromatic rings. The second-order valence-corrected chi connectivity index (χ2v) is 11.2. The Morgan fingerprint density at radius 2 is 1.67 bits per heavy atom. The molecule has 10 heteroatoms. The van der Waals surface area contributed by atoms with E-state index in [2.05, 4.69) is 0 Å². The van der Waals surface area contributed by atoms with Gasteiger partial charge < -0.3 is 14.4 Å². The van der Waals surface area contributed by atoms with Gasteiger partial charge in [0.25, 0.3) is 0 Å². The van der Waals surface area contributed by atoms with Gasteiger partial charge in [0.2, 0.25) is 21.8 Å².